The minimum absolute atomic E-state index is 0.0580. The highest BCUT2D eigenvalue weighted by atomic mass is 32.2. The lowest BCUT2D eigenvalue weighted by molar-refractivity contribution is -0.121. The van der Waals surface area contributed by atoms with E-state index < -0.39 is 0 Å². The number of urea groups is 1. The fourth-order valence-corrected chi connectivity index (χ4v) is 4.53. The number of hydrogen-bond acceptors (Lipinski definition) is 3. The first-order valence-electron chi connectivity index (χ1n) is 7.05. The molecule has 2 saturated heterocycles. The number of carbonyl (C=O) groups is 2. The van der Waals surface area contributed by atoms with Gasteiger partial charge in [-0.25, -0.2) is 4.79 Å². The van der Waals surface area contributed by atoms with Gasteiger partial charge < -0.3 is 15.5 Å². The second-order valence-electron chi connectivity index (χ2n) is 5.23. The molecule has 0 saturated carbocycles. The molecular weight excluding hydrogens is 262 g/mol. The van der Waals surface area contributed by atoms with Gasteiger partial charge in [0.15, 0.2) is 0 Å². The molecule has 0 radical (unpaired) electrons. The van der Waals surface area contributed by atoms with Crippen LogP contribution < -0.4 is 10.6 Å². The molecule has 5 nitrogen and oxygen atoms in total. The molecule has 108 valence electrons. The molecule has 6 heteroatoms. The molecule has 2 N–H and O–H groups in total. The highest BCUT2D eigenvalue weighted by Crippen LogP contribution is 2.36. The van der Waals surface area contributed by atoms with Crippen LogP contribution in [0.5, 0.6) is 0 Å². The number of likely N-dealkylation sites (N-methyl/N-ethyl adjacent to an activating group) is 1. The summed E-state index contributed by atoms with van der Waals surface area (Å²) in [5.74, 6) is 1.16. The van der Waals surface area contributed by atoms with Crippen LogP contribution in [-0.4, -0.2) is 53.5 Å². The molecule has 0 bridgehead atoms. The van der Waals surface area contributed by atoms with Crippen LogP contribution in [0.1, 0.15) is 32.6 Å². The fraction of sp³-hybridized carbons (Fsp3) is 0.846. The summed E-state index contributed by atoms with van der Waals surface area (Å²) >= 11 is 1.95. The first-order chi connectivity index (χ1) is 9.13. The minimum Gasteiger partial charge on any atom is -0.356 e. The van der Waals surface area contributed by atoms with Crippen molar-refractivity contribution in [1.82, 2.24) is 15.5 Å². The number of fused-ring (bicyclic) bond motifs is 1. The molecule has 2 aliphatic rings. The van der Waals surface area contributed by atoms with Crippen molar-refractivity contribution >= 4 is 23.7 Å². The molecule has 2 fully saturated rings. The Morgan fingerprint density at radius 3 is 3.05 bits per heavy atom. The molecule has 1 unspecified atom stereocenters. The van der Waals surface area contributed by atoms with Gasteiger partial charge in [-0.1, -0.05) is 6.42 Å². The van der Waals surface area contributed by atoms with Gasteiger partial charge in [-0.3, -0.25) is 4.79 Å². The quantitative estimate of drug-likeness (QED) is 0.569. The highest BCUT2D eigenvalue weighted by Gasteiger charge is 2.46. The monoisotopic (exact) mass is 285 g/mol. The molecule has 0 aromatic heterocycles. The van der Waals surface area contributed by atoms with Gasteiger partial charge in [-0.2, -0.15) is 11.8 Å². The second kappa shape index (κ2) is 6.50. The van der Waals surface area contributed by atoms with Crippen LogP contribution in [0.2, 0.25) is 0 Å². The normalized spacial score (nSPS) is 29.3. The van der Waals surface area contributed by atoms with Crippen LogP contribution in [0.3, 0.4) is 0 Å². The zero-order valence-electron chi connectivity index (χ0n) is 11.6. The molecule has 0 aliphatic carbocycles. The van der Waals surface area contributed by atoms with Gasteiger partial charge in [0.1, 0.15) is 0 Å². The lowest BCUT2D eigenvalue weighted by Crippen LogP contribution is -2.38. The van der Waals surface area contributed by atoms with Crippen molar-refractivity contribution in [1.29, 1.82) is 0 Å². The van der Waals surface area contributed by atoms with Crippen LogP contribution in [-0.2, 0) is 4.79 Å². The van der Waals surface area contributed by atoms with E-state index in [1.165, 1.54) is 0 Å². The molecule has 0 aromatic rings. The number of nitrogens with one attached hydrogen (secondary N) is 2. The first-order valence-corrected chi connectivity index (χ1v) is 8.10. The zero-order chi connectivity index (χ0) is 13.8. The standard InChI is InChI=1S/C13H23N3O2S/c1-3-14-11(17)7-5-4-6-10-12-9(8-19-10)15-13(18)16(12)2/h9-10,12H,3-8H2,1-2H3,(H,14,17)(H,15,18)/t9-,10-,12?/m1/s1. The van der Waals surface area contributed by atoms with Crippen molar-refractivity contribution in [3.8, 4) is 0 Å². The third kappa shape index (κ3) is 3.35. The maximum Gasteiger partial charge on any atom is 0.317 e. The Morgan fingerprint density at radius 1 is 1.53 bits per heavy atom. The summed E-state index contributed by atoms with van der Waals surface area (Å²) in [6.07, 6.45) is 3.70. The molecular formula is C13H23N3O2S. The lowest BCUT2D eigenvalue weighted by atomic mass is 10.0. The summed E-state index contributed by atoms with van der Waals surface area (Å²) in [6, 6.07) is 0.709. The van der Waals surface area contributed by atoms with E-state index >= 15 is 0 Å². The fourth-order valence-electron chi connectivity index (χ4n) is 2.90. The summed E-state index contributed by atoms with van der Waals surface area (Å²) < 4.78 is 0. The van der Waals surface area contributed by atoms with Crippen molar-refractivity contribution < 1.29 is 9.59 Å². The van der Waals surface area contributed by atoms with E-state index in [9.17, 15) is 9.59 Å². The smallest absolute Gasteiger partial charge is 0.317 e. The highest BCUT2D eigenvalue weighted by molar-refractivity contribution is 8.00. The van der Waals surface area contributed by atoms with Crippen molar-refractivity contribution in [2.45, 2.75) is 49.9 Å². The third-order valence-corrected chi connectivity index (χ3v) is 5.37. The van der Waals surface area contributed by atoms with Gasteiger partial charge in [0.25, 0.3) is 0 Å². The Balaban J connectivity index is 1.69. The SMILES string of the molecule is CCNC(=O)CCCC[C@H]1SC[C@H]2NC(=O)N(C)C21. The van der Waals surface area contributed by atoms with E-state index in [1.807, 2.05) is 30.6 Å². The minimum atomic E-state index is 0.0580. The van der Waals surface area contributed by atoms with Crippen molar-refractivity contribution in [3.63, 3.8) is 0 Å². The summed E-state index contributed by atoms with van der Waals surface area (Å²) in [6.45, 7) is 2.65. The van der Waals surface area contributed by atoms with Crippen LogP contribution in [0.15, 0.2) is 0 Å². The summed E-state index contributed by atoms with van der Waals surface area (Å²) in [5, 5.41) is 6.36. The van der Waals surface area contributed by atoms with Crippen LogP contribution in [0, 0.1) is 0 Å². The Morgan fingerprint density at radius 2 is 2.32 bits per heavy atom. The number of amides is 3. The zero-order valence-corrected chi connectivity index (χ0v) is 12.5. The Labute approximate surface area is 118 Å². The molecule has 2 aliphatic heterocycles. The van der Waals surface area contributed by atoms with Crippen molar-refractivity contribution in [2.24, 2.45) is 0 Å². The Bertz CT molecular complexity index is 351. The van der Waals surface area contributed by atoms with Gasteiger partial charge in [0, 0.05) is 31.0 Å². The van der Waals surface area contributed by atoms with Gasteiger partial charge in [0.05, 0.1) is 12.1 Å². The molecule has 2 heterocycles. The van der Waals surface area contributed by atoms with Gasteiger partial charge in [-0.05, 0) is 19.8 Å². The number of thioether (sulfide) groups is 1. The predicted octanol–water partition coefficient (Wildman–Crippen LogP) is 1.19. The first kappa shape index (κ1) is 14.5. The van der Waals surface area contributed by atoms with E-state index in [0.29, 0.717) is 30.3 Å². The van der Waals surface area contributed by atoms with Crippen LogP contribution in [0.25, 0.3) is 0 Å². The topological polar surface area (TPSA) is 61.4 Å². The van der Waals surface area contributed by atoms with E-state index in [4.69, 9.17) is 0 Å². The van der Waals surface area contributed by atoms with Crippen molar-refractivity contribution in [2.75, 3.05) is 19.3 Å². The van der Waals surface area contributed by atoms with Gasteiger partial charge in [-0.15, -0.1) is 0 Å². The summed E-state index contributed by atoms with van der Waals surface area (Å²) in [7, 11) is 1.88. The molecule has 3 amide bonds. The Hall–Kier alpha value is -0.910. The molecule has 2 rings (SSSR count). The number of nitrogens with zero attached hydrogens (tertiary/aromatic N) is 1. The van der Waals surface area contributed by atoms with Crippen LogP contribution in [0.4, 0.5) is 4.79 Å². The number of rotatable bonds is 6. The van der Waals surface area contributed by atoms with Gasteiger partial charge >= 0.3 is 6.03 Å². The van der Waals surface area contributed by atoms with E-state index in [-0.39, 0.29) is 11.9 Å². The Kier molecular flexibility index (Phi) is 4.96. The predicted molar refractivity (Wildman–Crippen MR) is 77.3 cm³/mol. The molecule has 0 spiro atoms. The number of unbranched alkanes of at least 4 members (excludes halogenated alkanes) is 1. The number of carbonyl (C=O) groups excluding carboxylic acids is 2. The average molecular weight is 285 g/mol. The molecule has 0 aromatic carbocycles. The average Bonchev–Trinajstić information content (AvgIpc) is 2.88. The second-order valence-corrected chi connectivity index (χ2v) is 6.50. The van der Waals surface area contributed by atoms with Gasteiger partial charge in [0.2, 0.25) is 5.91 Å². The molecule has 3 atom stereocenters. The third-order valence-electron chi connectivity index (χ3n) is 3.88. The van der Waals surface area contributed by atoms with E-state index in [1.54, 1.807) is 0 Å². The number of hydrogen-bond donors (Lipinski definition) is 2. The van der Waals surface area contributed by atoms with E-state index in [2.05, 4.69) is 10.6 Å². The molecule has 19 heavy (non-hydrogen) atoms. The summed E-state index contributed by atoms with van der Waals surface area (Å²) in [4.78, 5) is 24.8. The van der Waals surface area contributed by atoms with Crippen LogP contribution >= 0.6 is 11.8 Å². The maximum absolute atomic E-state index is 11.6. The summed E-state index contributed by atoms with van der Waals surface area (Å²) in [5.41, 5.74) is 0. The van der Waals surface area contributed by atoms with E-state index in [0.717, 1.165) is 25.0 Å². The lowest BCUT2D eigenvalue weighted by Gasteiger charge is -2.23. The van der Waals surface area contributed by atoms with Crippen molar-refractivity contribution in [3.05, 3.63) is 0 Å². The largest absolute Gasteiger partial charge is 0.356 e. The maximum atomic E-state index is 11.6.